The summed E-state index contributed by atoms with van der Waals surface area (Å²) in [5, 5.41) is 0. The Morgan fingerprint density at radius 3 is 1.58 bits per heavy atom. The van der Waals surface area contributed by atoms with Gasteiger partial charge in [0, 0.05) is 0 Å². The first kappa shape index (κ1) is 21.8. The third-order valence-corrected chi connectivity index (χ3v) is 7.83. The molecular formula is C27H30O6. The monoisotopic (exact) mass is 450 g/mol. The van der Waals surface area contributed by atoms with Crippen LogP contribution >= 0.6 is 0 Å². The first-order valence-electron chi connectivity index (χ1n) is 11.8. The van der Waals surface area contributed by atoms with Gasteiger partial charge in [-0.3, -0.25) is 0 Å². The van der Waals surface area contributed by atoms with Crippen molar-refractivity contribution in [2.75, 3.05) is 14.2 Å². The van der Waals surface area contributed by atoms with E-state index >= 15 is 0 Å². The van der Waals surface area contributed by atoms with E-state index in [-0.39, 0.29) is 0 Å². The van der Waals surface area contributed by atoms with Gasteiger partial charge in [0.15, 0.2) is 0 Å². The van der Waals surface area contributed by atoms with E-state index in [9.17, 15) is 9.59 Å². The second kappa shape index (κ2) is 9.08. The number of hydrogen-bond donors (Lipinski definition) is 0. The average Bonchev–Trinajstić information content (AvgIpc) is 3.46. The molecule has 6 atom stereocenters. The highest BCUT2D eigenvalue weighted by atomic mass is 16.6. The molecule has 0 radical (unpaired) electrons. The fraction of sp³-hybridized carbons (Fsp3) is 0.481. The minimum atomic E-state index is -0.459. The maximum Gasteiger partial charge on any atom is 0.338 e. The van der Waals surface area contributed by atoms with Crippen molar-refractivity contribution in [1.29, 1.82) is 0 Å². The first-order valence-corrected chi connectivity index (χ1v) is 11.8. The molecule has 2 aromatic rings. The third-order valence-electron chi connectivity index (χ3n) is 7.83. The zero-order valence-corrected chi connectivity index (χ0v) is 19.1. The van der Waals surface area contributed by atoms with Gasteiger partial charge in [-0.05, 0) is 92.2 Å². The summed E-state index contributed by atoms with van der Waals surface area (Å²) in [5.41, 5.74) is 0.865. The van der Waals surface area contributed by atoms with Crippen LogP contribution in [0.5, 0.6) is 11.5 Å². The standard InChI is InChI=1S/C27H30O6/c1-30-20-7-3-5-18(12-20)26(28)32-24-14-22-16-9-10-17(11-16)23(22)15-25(24)33-27(29)19-6-4-8-21(13-19)31-2/h3-8,12-13,16-17,22-25H,9-11,14-15H2,1-2H3. The Labute approximate surface area is 194 Å². The normalized spacial score (nSPS) is 29.8. The van der Waals surface area contributed by atoms with E-state index in [1.165, 1.54) is 19.3 Å². The van der Waals surface area contributed by atoms with Gasteiger partial charge in [-0.25, -0.2) is 9.59 Å². The quantitative estimate of drug-likeness (QED) is 0.583. The molecule has 3 saturated carbocycles. The lowest BCUT2D eigenvalue weighted by Crippen LogP contribution is -2.45. The van der Waals surface area contributed by atoms with Gasteiger partial charge in [0.25, 0.3) is 0 Å². The van der Waals surface area contributed by atoms with E-state index in [1.807, 2.05) is 0 Å². The number of methoxy groups -OCH3 is 2. The van der Waals surface area contributed by atoms with Crippen molar-refractivity contribution in [3.8, 4) is 11.5 Å². The van der Waals surface area contributed by atoms with Gasteiger partial charge in [-0.2, -0.15) is 0 Å². The largest absolute Gasteiger partial charge is 0.497 e. The Balaban J connectivity index is 1.35. The summed E-state index contributed by atoms with van der Waals surface area (Å²) in [6.07, 6.45) is 4.35. The van der Waals surface area contributed by atoms with E-state index in [2.05, 4.69) is 0 Å². The molecule has 0 saturated heterocycles. The Bertz CT molecular complexity index is 951. The summed E-state index contributed by atoms with van der Waals surface area (Å²) in [6, 6.07) is 13.9. The number of ether oxygens (including phenoxy) is 4. The van der Waals surface area contributed by atoms with Crippen LogP contribution in [-0.2, 0) is 9.47 Å². The molecule has 174 valence electrons. The van der Waals surface area contributed by atoms with Crippen molar-refractivity contribution < 1.29 is 28.5 Å². The molecule has 6 heteroatoms. The highest BCUT2D eigenvalue weighted by Gasteiger charge is 2.53. The molecule has 0 amide bonds. The van der Waals surface area contributed by atoms with Crippen LogP contribution in [0, 0.1) is 23.7 Å². The highest BCUT2D eigenvalue weighted by Crippen LogP contribution is 2.58. The van der Waals surface area contributed by atoms with Crippen LogP contribution in [0.25, 0.3) is 0 Å². The van der Waals surface area contributed by atoms with Crippen molar-refractivity contribution in [3.63, 3.8) is 0 Å². The first-order chi connectivity index (χ1) is 16.1. The van der Waals surface area contributed by atoms with Crippen molar-refractivity contribution in [2.24, 2.45) is 23.7 Å². The maximum atomic E-state index is 13.0. The van der Waals surface area contributed by atoms with E-state index in [0.717, 1.165) is 12.8 Å². The van der Waals surface area contributed by atoms with Crippen LogP contribution in [0.4, 0.5) is 0 Å². The minimum absolute atomic E-state index is 0.414. The lowest BCUT2D eigenvalue weighted by Gasteiger charge is -2.42. The summed E-state index contributed by atoms with van der Waals surface area (Å²) in [7, 11) is 3.13. The molecule has 3 fully saturated rings. The van der Waals surface area contributed by atoms with Crippen molar-refractivity contribution in [1.82, 2.24) is 0 Å². The molecule has 6 nitrogen and oxygen atoms in total. The highest BCUT2D eigenvalue weighted by molar-refractivity contribution is 5.91. The molecule has 0 aromatic heterocycles. The van der Waals surface area contributed by atoms with E-state index in [1.54, 1.807) is 62.8 Å². The van der Waals surface area contributed by atoms with Crippen LogP contribution < -0.4 is 9.47 Å². The summed E-state index contributed by atoms with van der Waals surface area (Å²) in [4.78, 5) is 26.0. The average molecular weight is 451 g/mol. The lowest BCUT2D eigenvalue weighted by atomic mass is 9.69. The Kier molecular flexibility index (Phi) is 6.00. The zero-order chi connectivity index (χ0) is 22.9. The summed E-state index contributed by atoms with van der Waals surface area (Å²) in [6.45, 7) is 0. The van der Waals surface area contributed by atoms with Gasteiger partial charge in [-0.15, -0.1) is 0 Å². The Hall–Kier alpha value is -3.02. The maximum absolute atomic E-state index is 13.0. The predicted octanol–water partition coefficient (Wildman–Crippen LogP) is 4.91. The molecule has 3 aliphatic carbocycles. The topological polar surface area (TPSA) is 71.1 Å². The van der Waals surface area contributed by atoms with Crippen molar-refractivity contribution in [3.05, 3.63) is 59.7 Å². The second-order valence-corrected chi connectivity index (χ2v) is 9.48. The third kappa shape index (κ3) is 4.31. The van der Waals surface area contributed by atoms with Gasteiger partial charge in [-0.1, -0.05) is 12.1 Å². The molecule has 0 spiro atoms. The Morgan fingerprint density at radius 1 is 0.697 bits per heavy atom. The van der Waals surface area contributed by atoms with Gasteiger partial charge in [0.05, 0.1) is 25.3 Å². The van der Waals surface area contributed by atoms with Crippen molar-refractivity contribution in [2.45, 2.75) is 44.3 Å². The molecule has 2 aromatic carbocycles. The number of fused-ring (bicyclic) bond motifs is 5. The fourth-order valence-electron chi connectivity index (χ4n) is 6.26. The summed E-state index contributed by atoms with van der Waals surface area (Å²) >= 11 is 0. The number of carbonyl (C=O) groups is 2. The number of hydrogen-bond acceptors (Lipinski definition) is 6. The molecule has 6 unspecified atom stereocenters. The Morgan fingerprint density at radius 2 is 1.15 bits per heavy atom. The smallest absolute Gasteiger partial charge is 0.338 e. The molecule has 33 heavy (non-hydrogen) atoms. The number of carbonyl (C=O) groups excluding carboxylic acids is 2. The van der Waals surface area contributed by atoms with E-state index < -0.39 is 24.1 Å². The molecule has 3 aliphatic rings. The number of rotatable bonds is 6. The summed E-state index contributed by atoms with van der Waals surface area (Å²) < 4.78 is 22.5. The van der Waals surface area contributed by atoms with Gasteiger partial charge >= 0.3 is 11.9 Å². The summed E-state index contributed by atoms with van der Waals surface area (Å²) in [5.74, 6) is 2.86. The molecular weight excluding hydrogens is 420 g/mol. The SMILES string of the molecule is COc1cccc(C(=O)OC2CC3C4CCC(C4)C3CC2OC(=O)c2cccc(OC)c2)c1. The molecule has 2 bridgehead atoms. The van der Waals surface area contributed by atoms with Gasteiger partial charge in [0.2, 0.25) is 0 Å². The van der Waals surface area contributed by atoms with Crippen LogP contribution in [0.1, 0.15) is 52.8 Å². The van der Waals surface area contributed by atoms with Crippen LogP contribution in [0.3, 0.4) is 0 Å². The number of benzene rings is 2. The lowest BCUT2D eigenvalue weighted by molar-refractivity contribution is -0.0822. The second-order valence-electron chi connectivity index (χ2n) is 9.48. The van der Waals surface area contributed by atoms with Crippen molar-refractivity contribution >= 4 is 11.9 Å². The molecule has 0 aliphatic heterocycles. The predicted molar refractivity (Wildman–Crippen MR) is 121 cm³/mol. The molecule has 0 heterocycles. The van der Waals surface area contributed by atoms with E-state index in [0.29, 0.717) is 46.3 Å². The van der Waals surface area contributed by atoms with Gasteiger partial charge < -0.3 is 18.9 Å². The molecule has 0 N–H and O–H groups in total. The fourth-order valence-corrected chi connectivity index (χ4v) is 6.26. The molecule has 5 rings (SSSR count). The van der Waals surface area contributed by atoms with Crippen LogP contribution in [0.15, 0.2) is 48.5 Å². The zero-order valence-electron chi connectivity index (χ0n) is 19.1. The van der Waals surface area contributed by atoms with Crippen LogP contribution in [-0.4, -0.2) is 38.4 Å². The minimum Gasteiger partial charge on any atom is -0.497 e. The number of esters is 2. The van der Waals surface area contributed by atoms with Crippen LogP contribution in [0.2, 0.25) is 0 Å². The van der Waals surface area contributed by atoms with Gasteiger partial charge in [0.1, 0.15) is 23.7 Å². The van der Waals surface area contributed by atoms with E-state index in [4.69, 9.17) is 18.9 Å².